The zero-order chi connectivity index (χ0) is 22.2. The number of rotatable bonds is 5. The Bertz CT molecular complexity index is 1340. The van der Waals surface area contributed by atoms with Crippen LogP contribution in [0.3, 0.4) is 0 Å². The van der Waals surface area contributed by atoms with E-state index in [2.05, 4.69) is 34.6 Å². The summed E-state index contributed by atoms with van der Waals surface area (Å²) in [5.74, 6) is 0.703. The van der Waals surface area contributed by atoms with Crippen LogP contribution in [0.15, 0.2) is 43.0 Å². The predicted octanol–water partition coefficient (Wildman–Crippen LogP) is 3.18. The largest absolute Gasteiger partial charge is 0.465 e. The number of nitrogens with zero attached hydrogens (tertiary/aromatic N) is 6. The van der Waals surface area contributed by atoms with Crippen LogP contribution in [0.25, 0.3) is 22.3 Å². The van der Waals surface area contributed by atoms with Crippen LogP contribution in [-0.4, -0.2) is 72.5 Å². The summed E-state index contributed by atoms with van der Waals surface area (Å²) >= 11 is 0. The van der Waals surface area contributed by atoms with Crippen molar-refractivity contribution in [1.29, 1.82) is 0 Å². The molecular weight excluding hydrogens is 408 g/mol. The van der Waals surface area contributed by atoms with Gasteiger partial charge >= 0.3 is 6.09 Å². The van der Waals surface area contributed by atoms with E-state index in [9.17, 15) is 4.79 Å². The van der Waals surface area contributed by atoms with Gasteiger partial charge in [-0.05, 0) is 44.3 Å². The quantitative estimate of drug-likeness (QED) is 0.444. The molecule has 0 radical (unpaired) electrons. The summed E-state index contributed by atoms with van der Waals surface area (Å²) < 4.78 is 2.07. The minimum atomic E-state index is -0.891. The number of carbonyl (C=O) groups is 1. The number of fused-ring (bicyclic) bond motifs is 2. The summed E-state index contributed by atoms with van der Waals surface area (Å²) in [6.45, 7) is 1.66. The van der Waals surface area contributed by atoms with Crippen molar-refractivity contribution in [3.8, 4) is 0 Å². The van der Waals surface area contributed by atoms with E-state index in [0.717, 1.165) is 45.9 Å². The predicted molar refractivity (Wildman–Crippen MR) is 122 cm³/mol. The molecule has 0 bridgehead atoms. The van der Waals surface area contributed by atoms with Gasteiger partial charge in [0.15, 0.2) is 0 Å². The number of aromatic amines is 1. The van der Waals surface area contributed by atoms with Crippen molar-refractivity contribution >= 4 is 39.9 Å². The van der Waals surface area contributed by atoms with E-state index in [1.807, 2.05) is 50.8 Å². The Kier molecular flexibility index (Phi) is 4.98. The van der Waals surface area contributed by atoms with Crippen molar-refractivity contribution in [2.45, 2.75) is 13.0 Å². The van der Waals surface area contributed by atoms with Crippen LogP contribution in [0, 0.1) is 0 Å². The summed E-state index contributed by atoms with van der Waals surface area (Å²) in [6, 6.07) is 5.98. The number of amides is 1. The molecule has 5 rings (SSSR count). The number of imidazole rings is 1. The molecule has 0 fully saturated rings. The Hall–Kier alpha value is -3.92. The lowest BCUT2D eigenvalue weighted by atomic mass is 10.1. The Balaban J connectivity index is 1.44. The Morgan fingerprint density at radius 2 is 2.16 bits per heavy atom. The van der Waals surface area contributed by atoms with Gasteiger partial charge in [-0.1, -0.05) is 6.08 Å². The molecule has 10 nitrogen and oxygen atoms in total. The average molecular weight is 432 g/mol. The molecule has 0 saturated carbocycles. The number of nitrogens with one attached hydrogen (secondary N) is 2. The second-order valence-corrected chi connectivity index (χ2v) is 8.13. The standard InChI is InChI=1S/C22H24N8O2/c1-28(2)12-16-10-23-19-4-3-15(11-30(16)19)26-20-17-9-18(27-21(17)25-13-24-20)14-5-7-29(8-6-14)22(31)32/h3-5,9-11,13H,6-8,12H2,1-2H3,(H,31,32)(H2,24,25,26,27). The van der Waals surface area contributed by atoms with E-state index in [0.29, 0.717) is 25.3 Å². The molecule has 3 N–H and O–H groups in total. The fraction of sp³-hybridized carbons (Fsp3) is 0.273. The molecule has 4 aromatic heterocycles. The van der Waals surface area contributed by atoms with Gasteiger partial charge in [0.05, 0.1) is 23.0 Å². The first-order valence-electron chi connectivity index (χ1n) is 10.4. The van der Waals surface area contributed by atoms with E-state index in [1.54, 1.807) is 0 Å². The molecule has 0 saturated heterocycles. The van der Waals surface area contributed by atoms with Crippen molar-refractivity contribution in [3.05, 3.63) is 54.4 Å². The molecule has 1 aliphatic heterocycles. The normalized spacial score (nSPS) is 14.3. The highest BCUT2D eigenvalue weighted by Gasteiger charge is 2.19. The molecule has 1 aliphatic rings. The zero-order valence-corrected chi connectivity index (χ0v) is 17.9. The van der Waals surface area contributed by atoms with Gasteiger partial charge < -0.3 is 29.6 Å². The molecule has 1 amide bonds. The van der Waals surface area contributed by atoms with E-state index in [1.165, 1.54) is 11.2 Å². The van der Waals surface area contributed by atoms with Gasteiger partial charge in [0.2, 0.25) is 0 Å². The third kappa shape index (κ3) is 3.76. The van der Waals surface area contributed by atoms with E-state index in [-0.39, 0.29) is 0 Å². The van der Waals surface area contributed by atoms with Gasteiger partial charge in [0.1, 0.15) is 23.4 Å². The number of H-pyrrole nitrogens is 1. The number of carboxylic acid groups (broad SMARTS) is 1. The fourth-order valence-electron chi connectivity index (χ4n) is 3.98. The number of hydrogen-bond donors (Lipinski definition) is 3. The van der Waals surface area contributed by atoms with Crippen LogP contribution < -0.4 is 5.32 Å². The Morgan fingerprint density at radius 3 is 2.91 bits per heavy atom. The van der Waals surface area contributed by atoms with Crippen LogP contribution >= 0.6 is 0 Å². The SMILES string of the molecule is CN(C)Cc1cnc2ccc(Nc3ncnc4[nH]c(C5=CCN(C(=O)O)CC5)cc34)cn12. The minimum Gasteiger partial charge on any atom is -0.465 e. The zero-order valence-electron chi connectivity index (χ0n) is 17.9. The third-order valence-corrected chi connectivity index (χ3v) is 5.57. The average Bonchev–Trinajstić information content (AvgIpc) is 3.38. The van der Waals surface area contributed by atoms with Crippen LogP contribution in [-0.2, 0) is 6.54 Å². The molecule has 10 heteroatoms. The molecule has 0 aliphatic carbocycles. The summed E-state index contributed by atoms with van der Waals surface area (Å²) in [4.78, 5) is 31.3. The van der Waals surface area contributed by atoms with Gasteiger partial charge in [-0.2, -0.15) is 0 Å². The summed E-state index contributed by atoms with van der Waals surface area (Å²) in [5.41, 5.74) is 5.64. The van der Waals surface area contributed by atoms with Gasteiger partial charge in [-0.25, -0.2) is 19.7 Å². The lowest BCUT2D eigenvalue weighted by Crippen LogP contribution is -2.33. The van der Waals surface area contributed by atoms with E-state index < -0.39 is 6.09 Å². The number of anilines is 2. The van der Waals surface area contributed by atoms with Gasteiger partial charge in [0.25, 0.3) is 0 Å². The van der Waals surface area contributed by atoms with Crippen LogP contribution in [0.2, 0.25) is 0 Å². The van der Waals surface area contributed by atoms with Gasteiger partial charge in [-0.15, -0.1) is 0 Å². The molecule has 32 heavy (non-hydrogen) atoms. The van der Waals surface area contributed by atoms with Crippen LogP contribution in [0.1, 0.15) is 17.8 Å². The number of pyridine rings is 1. The molecular formula is C22H24N8O2. The first kappa shape index (κ1) is 20.0. The van der Waals surface area contributed by atoms with Crippen molar-refractivity contribution in [3.63, 3.8) is 0 Å². The highest BCUT2D eigenvalue weighted by Crippen LogP contribution is 2.29. The maximum absolute atomic E-state index is 11.1. The van der Waals surface area contributed by atoms with E-state index in [4.69, 9.17) is 5.11 Å². The van der Waals surface area contributed by atoms with E-state index >= 15 is 0 Å². The van der Waals surface area contributed by atoms with Crippen molar-refractivity contribution in [1.82, 2.24) is 34.1 Å². The minimum absolute atomic E-state index is 0.386. The maximum Gasteiger partial charge on any atom is 0.407 e. The first-order chi connectivity index (χ1) is 15.5. The topological polar surface area (TPSA) is 115 Å². The van der Waals surface area contributed by atoms with Gasteiger partial charge in [-0.3, -0.25) is 0 Å². The highest BCUT2D eigenvalue weighted by atomic mass is 16.4. The molecule has 0 atom stereocenters. The Labute approximate surface area is 184 Å². The smallest absolute Gasteiger partial charge is 0.407 e. The molecule has 0 unspecified atom stereocenters. The number of hydrogen-bond acceptors (Lipinski definition) is 6. The van der Waals surface area contributed by atoms with Crippen molar-refractivity contribution in [2.24, 2.45) is 0 Å². The van der Waals surface area contributed by atoms with Crippen LogP contribution in [0.4, 0.5) is 16.3 Å². The van der Waals surface area contributed by atoms with Gasteiger partial charge in [0, 0.05) is 31.5 Å². The summed E-state index contributed by atoms with van der Waals surface area (Å²) in [7, 11) is 4.06. The third-order valence-electron chi connectivity index (χ3n) is 5.57. The lowest BCUT2D eigenvalue weighted by molar-refractivity contribution is 0.150. The summed E-state index contributed by atoms with van der Waals surface area (Å²) in [5, 5.41) is 13.4. The van der Waals surface area contributed by atoms with Crippen molar-refractivity contribution < 1.29 is 9.90 Å². The molecule has 0 aromatic carbocycles. The lowest BCUT2D eigenvalue weighted by Gasteiger charge is -2.23. The highest BCUT2D eigenvalue weighted by molar-refractivity contribution is 5.92. The second-order valence-electron chi connectivity index (χ2n) is 8.13. The van der Waals surface area contributed by atoms with Crippen molar-refractivity contribution in [2.75, 3.05) is 32.5 Å². The molecule has 4 aromatic rings. The first-order valence-corrected chi connectivity index (χ1v) is 10.4. The summed E-state index contributed by atoms with van der Waals surface area (Å²) in [6.07, 6.45) is 7.15. The maximum atomic E-state index is 11.1. The monoisotopic (exact) mass is 432 g/mol. The molecule has 5 heterocycles. The fourth-order valence-corrected chi connectivity index (χ4v) is 3.98. The number of aromatic nitrogens is 5. The Morgan fingerprint density at radius 1 is 1.28 bits per heavy atom. The second kappa shape index (κ2) is 7.97. The van der Waals surface area contributed by atoms with Crippen LogP contribution in [0.5, 0.6) is 0 Å². The molecule has 0 spiro atoms. The molecule has 164 valence electrons.